The first-order chi connectivity index (χ1) is 15.9. The molecule has 0 aromatic heterocycles. The Morgan fingerprint density at radius 3 is 2.52 bits per heavy atom. The molecular formula is C24H35N2O6P. The van der Waals surface area contributed by atoms with Gasteiger partial charge in [0, 0.05) is 18.5 Å². The standard InChI is InChI=1S/C24H35N2O6P/c27-22(26-15-6-11-21(26)24(29)30)17-33(31)32-16-14-20(13-12-18-7-2-1-3-8-18)25-23(28)19-9-4-5-10-19/h1-3,7-8,19-21,33H,4-6,9-17H2,(H,25,28)(H,29,30)/t20?,21-/m0/s1. The molecular weight excluding hydrogens is 443 g/mol. The van der Waals surface area contributed by atoms with Gasteiger partial charge in [0.25, 0.3) is 0 Å². The van der Waals surface area contributed by atoms with Gasteiger partial charge in [-0.1, -0.05) is 43.2 Å². The minimum atomic E-state index is -2.63. The normalized spacial score (nSPS) is 20.5. The monoisotopic (exact) mass is 478 g/mol. The van der Waals surface area contributed by atoms with E-state index in [2.05, 4.69) is 17.4 Å². The van der Waals surface area contributed by atoms with Crippen LogP contribution in [0.2, 0.25) is 0 Å². The van der Waals surface area contributed by atoms with Crippen molar-refractivity contribution in [2.24, 2.45) is 5.92 Å². The molecule has 2 amide bonds. The van der Waals surface area contributed by atoms with Crippen molar-refractivity contribution in [1.82, 2.24) is 10.2 Å². The predicted molar refractivity (Wildman–Crippen MR) is 125 cm³/mol. The van der Waals surface area contributed by atoms with E-state index in [0.717, 1.165) is 38.5 Å². The largest absolute Gasteiger partial charge is 0.480 e. The van der Waals surface area contributed by atoms with Gasteiger partial charge in [-0.2, -0.15) is 0 Å². The van der Waals surface area contributed by atoms with Gasteiger partial charge < -0.3 is 19.8 Å². The van der Waals surface area contributed by atoms with Crippen LogP contribution in [-0.2, 0) is 29.9 Å². The number of hydrogen-bond acceptors (Lipinski definition) is 5. The van der Waals surface area contributed by atoms with Crippen LogP contribution < -0.4 is 5.32 Å². The van der Waals surface area contributed by atoms with E-state index in [1.807, 2.05) is 18.2 Å². The van der Waals surface area contributed by atoms with Crippen LogP contribution in [0.1, 0.15) is 56.9 Å². The molecule has 0 bridgehead atoms. The number of aryl methyl sites for hydroxylation is 1. The highest BCUT2D eigenvalue weighted by Crippen LogP contribution is 2.27. The molecule has 9 heteroatoms. The number of carbonyl (C=O) groups excluding carboxylic acids is 2. The molecule has 2 aliphatic rings. The predicted octanol–water partition coefficient (Wildman–Crippen LogP) is 3.25. The highest BCUT2D eigenvalue weighted by atomic mass is 31.1. The molecule has 2 unspecified atom stereocenters. The van der Waals surface area contributed by atoms with Crippen LogP contribution in [0.5, 0.6) is 0 Å². The fraction of sp³-hybridized carbons (Fsp3) is 0.625. The maximum Gasteiger partial charge on any atom is 0.326 e. The number of carboxylic acids is 1. The number of rotatable bonds is 12. The van der Waals surface area contributed by atoms with Gasteiger partial charge in [-0.25, -0.2) is 4.79 Å². The van der Waals surface area contributed by atoms with Crippen molar-refractivity contribution in [2.75, 3.05) is 19.3 Å². The summed E-state index contributed by atoms with van der Waals surface area (Å²) in [5, 5.41) is 12.4. The van der Waals surface area contributed by atoms with Crippen molar-refractivity contribution in [1.29, 1.82) is 0 Å². The molecule has 1 aromatic carbocycles. The Labute approximate surface area is 195 Å². The average Bonchev–Trinajstić information content (AvgIpc) is 3.50. The van der Waals surface area contributed by atoms with E-state index in [0.29, 0.717) is 25.8 Å². The van der Waals surface area contributed by atoms with Crippen LogP contribution in [0.3, 0.4) is 0 Å². The zero-order chi connectivity index (χ0) is 23.6. The molecule has 182 valence electrons. The summed E-state index contributed by atoms with van der Waals surface area (Å²) >= 11 is 0. The Bertz CT molecular complexity index is 828. The summed E-state index contributed by atoms with van der Waals surface area (Å²) in [5.74, 6) is -1.30. The summed E-state index contributed by atoms with van der Waals surface area (Å²) < 4.78 is 17.8. The Hall–Kier alpha value is -2.18. The first-order valence-corrected chi connectivity index (χ1v) is 13.5. The van der Waals surface area contributed by atoms with Gasteiger partial charge in [0.05, 0.1) is 6.61 Å². The molecule has 2 N–H and O–H groups in total. The second-order valence-corrected chi connectivity index (χ2v) is 10.4. The molecule has 8 nitrogen and oxygen atoms in total. The second-order valence-electron chi connectivity index (χ2n) is 8.98. The Morgan fingerprint density at radius 1 is 1.09 bits per heavy atom. The first-order valence-electron chi connectivity index (χ1n) is 12.0. The molecule has 2 fully saturated rings. The molecule has 1 saturated carbocycles. The van der Waals surface area contributed by atoms with Crippen molar-refractivity contribution < 1.29 is 28.6 Å². The maximum absolute atomic E-state index is 12.6. The molecule has 3 rings (SSSR count). The molecule has 1 saturated heterocycles. The number of benzene rings is 1. The number of hydrogen-bond donors (Lipinski definition) is 2. The smallest absolute Gasteiger partial charge is 0.326 e. The number of likely N-dealkylation sites (tertiary alicyclic amines) is 1. The summed E-state index contributed by atoms with van der Waals surface area (Å²) in [5.41, 5.74) is 1.19. The molecule has 1 aliphatic carbocycles. The second kappa shape index (κ2) is 12.9. The van der Waals surface area contributed by atoms with Crippen LogP contribution in [0, 0.1) is 5.92 Å². The number of carboxylic acid groups (broad SMARTS) is 1. The number of nitrogens with zero attached hydrogens (tertiary/aromatic N) is 1. The average molecular weight is 479 g/mol. The van der Waals surface area contributed by atoms with Crippen molar-refractivity contribution in [3.63, 3.8) is 0 Å². The number of nitrogens with one attached hydrogen (secondary N) is 1. The molecule has 0 spiro atoms. The molecule has 1 aromatic rings. The maximum atomic E-state index is 12.6. The van der Waals surface area contributed by atoms with Gasteiger partial charge in [-0.05, 0) is 50.5 Å². The van der Waals surface area contributed by atoms with E-state index >= 15 is 0 Å². The number of amides is 2. The molecule has 1 heterocycles. The van der Waals surface area contributed by atoms with Crippen molar-refractivity contribution in [3.8, 4) is 0 Å². The van der Waals surface area contributed by atoms with Crippen LogP contribution in [0.25, 0.3) is 0 Å². The van der Waals surface area contributed by atoms with Crippen molar-refractivity contribution in [3.05, 3.63) is 35.9 Å². The van der Waals surface area contributed by atoms with Gasteiger partial charge in [-0.3, -0.25) is 14.2 Å². The molecule has 3 atom stereocenters. The van der Waals surface area contributed by atoms with Gasteiger partial charge >= 0.3 is 5.97 Å². The van der Waals surface area contributed by atoms with E-state index in [4.69, 9.17) is 4.52 Å². The summed E-state index contributed by atoms with van der Waals surface area (Å²) in [4.78, 5) is 37.6. The fourth-order valence-electron chi connectivity index (χ4n) is 4.69. The van der Waals surface area contributed by atoms with Crippen LogP contribution in [0.4, 0.5) is 0 Å². The lowest BCUT2D eigenvalue weighted by Crippen LogP contribution is -2.41. The molecule has 33 heavy (non-hydrogen) atoms. The summed E-state index contributed by atoms with van der Waals surface area (Å²) in [6.07, 6.45) is 6.89. The number of carbonyl (C=O) groups is 3. The lowest BCUT2D eigenvalue weighted by molar-refractivity contribution is -0.147. The third-order valence-electron chi connectivity index (χ3n) is 6.58. The Kier molecular flexibility index (Phi) is 9.95. The fourth-order valence-corrected chi connectivity index (χ4v) is 5.59. The lowest BCUT2D eigenvalue weighted by atomic mass is 10.0. The van der Waals surface area contributed by atoms with E-state index in [1.165, 1.54) is 10.5 Å². The van der Waals surface area contributed by atoms with E-state index in [-0.39, 0.29) is 30.6 Å². The van der Waals surface area contributed by atoms with Crippen LogP contribution in [0.15, 0.2) is 30.3 Å². The van der Waals surface area contributed by atoms with Crippen molar-refractivity contribution in [2.45, 2.75) is 69.9 Å². The third kappa shape index (κ3) is 7.97. The van der Waals surface area contributed by atoms with Crippen molar-refractivity contribution >= 4 is 25.8 Å². The topological polar surface area (TPSA) is 113 Å². The Balaban J connectivity index is 1.46. The number of aliphatic carboxylic acids is 1. The third-order valence-corrected chi connectivity index (χ3v) is 7.70. The van der Waals surface area contributed by atoms with Gasteiger partial charge in [-0.15, -0.1) is 0 Å². The first kappa shape index (κ1) is 25.4. The quantitative estimate of drug-likeness (QED) is 0.446. The van der Waals surface area contributed by atoms with Crippen LogP contribution >= 0.6 is 8.03 Å². The highest BCUT2D eigenvalue weighted by Gasteiger charge is 2.34. The minimum Gasteiger partial charge on any atom is -0.480 e. The molecule has 1 aliphatic heterocycles. The molecule has 0 radical (unpaired) electrons. The van der Waals surface area contributed by atoms with E-state index in [1.54, 1.807) is 0 Å². The van der Waals surface area contributed by atoms with Gasteiger partial charge in [0.2, 0.25) is 19.8 Å². The SMILES string of the molecule is O=C(NC(CCO[PH](=O)CC(=O)N1CCC[C@H]1C(=O)O)CCc1ccccc1)C1CCCC1. The minimum absolute atomic E-state index is 0.0736. The highest BCUT2D eigenvalue weighted by molar-refractivity contribution is 7.40. The van der Waals surface area contributed by atoms with E-state index < -0.39 is 25.9 Å². The van der Waals surface area contributed by atoms with Gasteiger partial charge in [0.1, 0.15) is 12.2 Å². The summed E-state index contributed by atoms with van der Waals surface area (Å²) in [7, 11) is -2.63. The zero-order valence-electron chi connectivity index (χ0n) is 19.0. The zero-order valence-corrected chi connectivity index (χ0v) is 20.0. The van der Waals surface area contributed by atoms with E-state index in [9.17, 15) is 24.1 Å². The summed E-state index contributed by atoms with van der Waals surface area (Å²) in [6, 6.07) is 9.13. The Morgan fingerprint density at radius 2 is 1.82 bits per heavy atom. The van der Waals surface area contributed by atoms with Gasteiger partial charge in [0.15, 0.2) is 0 Å². The van der Waals surface area contributed by atoms with Crippen LogP contribution in [-0.4, -0.2) is 59.2 Å². The summed E-state index contributed by atoms with van der Waals surface area (Å²) in [6.45, 7) is 0.553. The lowest BCUT2D eigenvalue weighted by Gasteiger charge is -2.22.